The lowest BCUT2D eigenvalue weighted by Crippen LogP contribution is -2.07. The Kier molecular flexibility index (Phi) is 4.86. The Hall–Kier alpha value is -0.880. The number of aryl methyl sites for hydroxylation is 1. The highest BCUT2D eigenvalue weighted by molar-refractivity contribution is 9.10. The maximum Gasteiger partial charge on any atom is 0.243 e. The Morgan fingerprint density at radius 3 is 2.55 bits per heavy atom. The third kappa shape index (κ3) is 3.06. The predicted molar refractivity (Wildman–Crippen MR) is 83.6 cm³/mol. The zero-order valence-corrected chi connectivity index (χ0v) is 14.0. The molecule has 0 aliphatic rings. The van der Waals surface area contributed by atoms with Crippen LogP contribution in [0.1, 0.15) is 16.8 Å². The predicted octanol–water partition coefficient (Wildman–Crippen LogP) is 4.41. The van der Waals surface area contributed by atoms with E-state index in [1.165, 1.54) is 0 Å². The minimum absolute atomic E-state index is 0.305. The first-order valence-corrected chi connectivity index (χ1v) is 7.34. The van der Waals surface area contributed by atoms with E-state index in [9.17, 15) is 0 Å². The average Bonchev–Trinajstić information content (AvgIpc) is 2.40. The second kappa shape index (κ2) is 6.26. The quantitative estimate of drug-likeness (QED) is 0.805. The third-order valence-corrected chi connectivity index (χ3v) is 4.42. The van der Waals surface area contributed by atoms with Crippen LogP contribution in [0.4, 0.5) is 0 Å². The van der Waals surface area contributed by atoms with Crippen LogP contribution in [0.2, 0.25) is 10.0 Å². The molecule has 2 aromatic rings. The maximum atomic E-state index is 6.12. The molecule has 1 heterocycles. The zero-order valence-electron chi connectivity index (χ0n) is 10.9. The molecular weight excluding hydrogens is 365 g/mol. The molecule has 7 heteroatoms. The molecule has 0 unspecified atom stereocenters. The van der Waals surface area contributed by atoms with E-state index in [1.807, 2.05) is 13.8 Å². The standard InChI is InChI=1S/C13H12BrCl2N3O/c1-6-7(2)18-19-13(8(6)5-17)20-12-4-10(15)9(14)3-11(12)16/h3-4H,5,17H2,1-2H3. The first-order valence-electron chi connectivity index (χ1n) is 5.79. The average molecular weight is 377 g/mol. The van der Waals surface area contributed by atoms with Gasteiger partial charge in [-0.1, -0.05) is 23.2 Å². The summed E-state index contributed by atoms with van der Waals surface area (Å²) in [6, 6.07) is 3.28. The van der Waals surface area contributed by atoms with Crippen molar-refractivity contribution >= 4 is 39.1 Å². The van der Waals surface area contributed by atoms with Gasteiger partial charge in [-0.05, 0) is 41.4 Å². The molecule has 0 fully saturated rings. The zero-order chi connectivity index (χ0) is 14.9. The summed E-state index contributed by atoms with van der Waals surface area (Å²) in [6.07, 6.45) is 0. The molecule has 0 atom stereocenters. The summed E-state index contributed by atoms with van der Waals surface area (Å²) in [4.78, 5) is 0. The fourth-order valence-corrected chi connectivity index (χ4v) is 2.47. The molecule has 0 saturated carbocycles. The number of ether oxygens (including phenoxy) is 1. The Balaban J connectivity index is 2.45. The molecule has 0 aliphatic carbocycles. The minimum atomic E-state index is 0.305. The number of nitrogens with zero attached hydrogens (tertiary/aromatic N) is 2. The van der Waals surface area contributed by atoms with Gasteiger partial charge in [0.25, 0.3) is 0 Å². The van der Waals surface area contributed by atoms with Crippen molar-refractivity contribution in [2.75, 3.05) is 0 Å². The first-order chi connectivity index (χ1) is 9.43. The molecule has 4 nitrogen and oxygen atoms in total. The summed E-state index contributed by atoms with van der Waals surface area (Å²) in [5.41, 5.74) is 8.32. The molecule has 2 rings (SSSR count). The van der Waals surface area contributed by atoms with Gasteiger partial charge in [0.05, 0.1) is 15.7 Å². The van der Waals surface area contributed by atoms with Crippen LogP contribution in [0, 0.1) is 13.8 Å². The van der Waals surface area contributed by atoms with Gasteiger partial charge >= 0.3 is 0 Å². The summed E-state index contributed by atoms with van der Waals surface area (Å²) >= 11 is 15.5. The van der Waals surface area contributed by atoms with Crippen LogP contribution >= 0.6 is 39.1 Å². The molecule has 0 spiro atoms. The van der Waals surface area contributed by atoms with E-state index in [4.69, 9.17) is 33.7 Å². The lowest BCUT2D eigenvalue weighted by molar-refractivity contribution is 0.446. The highest BCUT2D eigenvalue weighted by Gasteiger charge is 2.14. The van der Waals surface area contributed by atoms with Gasteiger partial charge in [-0.25, -0.2) is 0 Å². The van der Waals surface area contributed by atoms with E-state index in [1.54, 1.807) is 12.1 Å². The number of nitrogens with two attached hydrogens (primary N) is 1. The summed E-state index contributed by atoms with van der Waals surface area (Å²) in [6.45, 7) is 4.10. The van der Waals surface area contributed by atoms with E-state index < -0.39 is 0 Å². The van der Waals surface area contributed by atoms with Crippen LogP contribution in [0.5, 0.6) is 11.6 Å². The van der Waals surface area contributed by atoms with E-state index in [0.717, 1.165) is 16.8 Å². The monoisotopic (exact) mass is 375 g/mol. The molecule has 0 saturated heterocycles. The highest BCUT2D eigenvalue weighted by Crippen LogP contribution is 2.37. The molecule has 0 bridgehead atoms. The fourth-order valence-electron chi connectivity index (χ4n) is 1.64. The molecule has 1 aromatic carbocycles. The van der Waals surface area contributed by atoms with Gasteiger partial charge < -0.3 is 10.5 Å². The topological polar surface area (TPSA) is 61.0 Å². The number of halogens is 3. The normalized spacial score (nSPS) is 10.7. The third-order valence-electron chi connectivity index (χ3n) is 2.93. The van der Waals surface area contributed by atoms with Crippen LogP contribution in [0.3, 0.4) is 0 Å². The van der Waals surface area contributed by atoms with Gasteiger partial charge in [-0.15, -0.1) is 5.10 Å². The molecule has 0 aliphatic heterocycles. The second-order valence-electron chi connectivity index (χ2n) is 4.20. The Morgan fingerprint density at radius 2 is 1.90 bits per heavy atom. The van der Waals surface area contributed by atoms with Gasteiger partial charge in [0.1, 0.15) is 5.75 Å². The van der Waals surface area contributed by atoms with E-state index in [0.29, 0.717) is 32.7 Å². The molecule has 0 amide bonds. The second-order valence-corrected chi connectivity index (χ2v) is 5.87. The van der Waals surface area contributed by atoms with Gasteiger partial charge in [0.15, 0.2) is 0 Å². The number of hydrogen-bond acceptors (Lipinski definition) is 4. The van der Waals surface area contributed by atoms with Gasteiger partial charge in [-0.2, -0.15) is 5.10 Å². The molecule has 20 heavy (non-hydrogen) atoms. The van der Waals surface area contributed by atoms with Gasteiger partial charge in [0.2, 0.25) is 5.88 Å². The largest absolute Gasteiger partial charge is 0.436 e. The van der Waals surface area contributed by atoms with Crippen molar-refractivity contribution in [2.24, 2.45) is 5.73 Å². The van der Waals surface area contributed by atoms with Crippen molar-refractivity contribution in [1.29, 1.82) is 0 Å². The van der Waals surface area contributed by atoms with Crippen molar-refractivity contribution in [3.63, 3.8) is 0 Å². The first kappa shape index (κ1) is 15.5. The van der Waals surface area contributed by atoms with Crippen molar-refractivity contribution in [3.05, 3.63) is 43.5 Å². The van der Waals surface area contributed by atoms with E-state index >= 15 is 0 Å². The smallest absolute Gasteiger partial charge is 0.243 e. The summed E-state index contributed by atoms with van der Waals surface area (Å²) < 4.78 is 6.41. The minimum Gasteiger partial charge on any atom is -0.436 e. The molecule has 0 radical (unpaired) electrons. The van der Waals surface area contributed by atoms with Gasteiger partial charge in [0, 0.05) is 22.6 Å². The maximum absolute atomic E-state index is 6.12. The summed E-state index contributed by atoms with van der Waals surface area (Å²) in [5.74, 6) is 0.753. The number of benzene rings is 1. The van der Waals surface area contributed by atoms with Crippen molar-refractivity contribution in [2.45, 2.75) is 20.4 Å². The molecule has 1 aromatic heterocycles. The lowest BCUT2D eigenvalue weighted by atomic mass is 10.1. The van der Waals surface area contributed by atoms with Crippen LogP contribution in [0.25, 0.3) is 0 Å². The highest BCUT2D eigenvalue weighted by atomic mass is 79.9. The van der Waals surface area contributed by atoms with Crippen LogP contribution in [0.15, 0.2) is 16.6 Å². The van der Waals surface area contributed by atoms with Crippen molar-refractivity contribution in [3.8, 4) is 11.6 Å². The molecule has 106 valence electrons. The van der Waals surface area contributed by atoms with Crippen LogP contribution in [-0.2, 0) is 6.54 Å². The van der Waals surface area contributed by atoms with Crippen molar-refractivity contribution < 1.29 is 4.74 Å². The molecule has 2 N–H and O–H groups in total. The van der Waals surface area contributed by atoms with E-state index in [-0.39, 0.29) is 0 Å². The molecular formula is C13H12BrCl2N3O. The van der Waals surface area contributed by atoms with Gasteiger partial charge in [-0.3, -0.25) is 0 Å². The van der Waals surface area contributed by atoms with E-state index in [2.05, 4.69) is 26.1 Å². The Bertz CT molecular complexity index is 665. The Labute approximate surface area is 135 Å². The number of hydrogen-bond donors (Lipinski definition) is 1. The fraction of sp³-hybridized carbons (Fsp3) is 0.231. The summed E-state index contributed by atoms with van der Waals surface area (Å²) in [5, 5.41) is 8.99. The Morgan fingerprint density at radius 1 is 1.20 bits per heavy atom. The van der Waals surface area contributed by atoms with Crippen LogP contribution in [-0.4, -0.2) is 10.2 Å². The lowest BCUT2D eigenvalue weighted by Gasteiger charge is -2.13. The van der Waals surface area contributed by atoms with Crippen LogP contribution < -0.4 is 10.5 Å². The SMILES string of the molecule is Cc1nnc(Oc2cc(Cl)c(Br)cc2Cl)c(CN)c1C. The number of aromatic nitrogens is 2. The van der Waals surface area contributed by atoms with Crippen molar-refractivity contribution in [1.82, 2.24) is 10.2 Å². The number of rotatable bonds is 3. The summed E-state index contributed by atoms with van der Waals surface area (Å²) in [7, 11) is 0.